The minimum Gasteiger partial charge on any atom is -0.467 e. The van der Waals surface area contributed by atoms with E-state index < -0.39 is 0 Å². The van der Waals surface area contributed by atoms with Crippen LogP contribution in [0.4, 0.5) is 0 Å². The highest BCUT2D eigenvalue weighted by Crippen LogP contribution is 2.41. The molecule has 0 bridgehead atoms. The summed E-state index contributed by atoms with van der Waals surface area (Å²) in [7, 11) is 0. The minimum absolute atomic E-state index is 0.748. The largest absolute Gasteiger partial charge is 0.467 e. The zero-order valence-corrected chi connectivity index (χ0v) is 12.2. The van der Waals surface area contributed by atoms with Crippen molar-refractivity contribution in [3.8, 4) is 11.1 Å². The van der Waals surface area contributed by atoms with E-state index in [0.29, 0.717) is 0 Å². The fourth-order valence-electron chi connectivity index (χ4n) is 2.91. The first kappa shape index (κ1) is 13.4. The number of furan rings is 1. The average Bonchev–Trinajstić information content (AvgIpc) is 2.86. The maximum Gasteiger partial charge on any atom is 0.125 e. The number of hydrogen-bond donors (Lipinski definition) is 1. The van der Waals surface area contributed by atoms with Crippen LogP contribution in [0.1, 0.15) is 49.8 Å². The van der Waals surface area contributed by atoms with Crippen molar-refractivity contribution in [2.45, 2.75) is 45.1 Å². The van der Waals surface area contributed by atoms with Gasteiger partial charge in [-0.3, -0.25) is 0 Å². The van der Waals surface area contributed by atoms with Gasteiger partial charge < -0.3 is 9.73 Å². The van der Waals surface area contributed by atoms with E-state index in [1.54, 1.807) is 0 Å². The Morgan fingerprint density at radius 2 is 2.00 bits per heavy atom. The molecule has 2 nitrogen and oxygen atoms in total. The standard InChI is InChI=1S/C18H23NO/c1-2-11-19-13-18-17(10-12-20-18)16-9-4-3-8-15(16)14-6-5-7-14/h3-4,8-10,12,14,19H,2,5-7,11,13H2,1H3. The molecule has 1 aromatic carbocycles. The Balaban J connectivity index is 1.87. The second kappa shape index (κ2) is 6.27. The van der Waals surface area contributed by atoms with Crippen LogP contribution in [0, 0.1) is 0 Å². The SMILES string of the molecule is CCCNCc1occc1-c1ccccc1C1CCC1. The summed E-state index contributed by atoms with van der Waals surface area (Å²) in [4.78, 5) is 0. The Morgan fingerprint density at radius 3 is 2.75 bits per heavy atom. The van der Waals surface area contributed by atoms with Crippen molar-refractivity contribution in [2.24, 2.45) is 0 Å². The van der Waals surface area contributed by atoms with E-state index in [1.165, 1.54) is 36.0 Å². The predicted molar refractivity (Wildman–Crippen MR) is 82.7 cm³/mol. The lowest BCUT2D eigenvalue weighted by Gasteiger charge is -2.28. The van der Waals surface area contributed by atoms with E-state index >= 15 is 0 Å². The molecule has 0 spiro atoms. The Labute approximate surface area is 121 Å². The van der Waals surface area contributed by atoms with E-state index in [-0.39, 0.29) is 0 Å². The number of rotatable bonds is 6. The maximum absolute atomic E-state index is 5.69. The Morgan fingerprint density at radius 1 is 1.15 bits per heavy atom. The van der Waals surface area contributed by atoms with Crippen molar-refractivity contribution in [3.05, 3.63) is 47.9 Å². The summed E-state index contributed by atoms with van der Waals surface area (Å²) in [6.07, 6.45) is 7.00. The van der Waals surface area contributed by atoms with Crippen molar-refractivity contribution in [1.82, 2.24) is 5.32 Å². The molecule has 0 saturated heterocycles. The lowest BCUT2D eigenvalue weighted by molar-refractivity contribution is 0.420. The van der Waals surface area contributed by atoms with Crippen LogP contribution in [0.15, 0.2) is 41.0 Å². The van der Waals surface area contributed by atoms with Gasteiger partial charge in [-0.25, -0.2) is 0 Å². The minimum atomic E-state index is 0.748. The molecule has 3 rings (SSSR count). The molecule has 1 aromatic heterocycles. The summed E-state index contributed by atoms with van der Waals surface area (Å²) >= 11 is 0. The molecule has 1 aliphatic carbocycles. The molecular weight excluding hydrogens is 246 g/mol. The molecule has 1 aliphatic rings. The van der Waals surface area contributed by atoms with Gasteiger partial charge in [-0.15, -0.1) is 0 Å². The predicted octanol–water partition coefficient (Wildman–Crippen LogP) is 4.71. The number of nitrogens with one attached hydrogen (secondary N) is 1. The molecule has 2 aromatic rings. The van der Waals surface area contributed by atoms with Crippen LogP contribution < -0.4 is 5.32 Å². The van der Waals surface area contributed by atoms with Crippen LogP contribution in [-0.2, 0) is 6.54 Å². The summed E-state index contributed by atoms with van der Waals surface area (Å²) in [5.41, 5.74) is 4.12. The first-order valence-electron chi connectivity index (χ1n) is 7.76. The van der Waals surface area contributed by atoms with Crippen LogP contribution in [0.3, 0.4) is 0 Å². The fraction of sp³-hybridized carbons (Fsp3) is 0.444. The second-order valence-electron chi connectivity index (χ2n) is 5.65. The van der Waals surface area contributed by atoms with Crippen LogP contribution >= 0.6 is 0 Å². The van der Waals surface area contributed by atoms with E-state index in [4.69, 9.17) is 4.42 Å². The zero-order chi connectivity index (χ0) is 13.8. The third-order valence-corrected chi connectivity index (χ3v) is 4.25. The van der Waals surface area contributed by atoms with Gasteiger partial charge in [0, 0.05) is 5.56 Å². The fourth-order valence-corrected chi connectivity index (χ4v) is 2.91. The average molecular weight is 269 g/mol. The molecule has 0 radical (unpaired) electrons. The van der Waals surface area contributed by atoms with Gasteiger partial charge in [0.2, 0.25) is 0 Å². The summed E-state index contributed by atoms with van der Waals surface area (Å²) in [5.74, 6) is 1.81. The second-order valence-corrected chi connectivity index (χ2v) is 5.65. The van der Waals surface area contributed by atoms with E-state index in [9.17, 15) is 0 Å². The van der Waals surface area contributed by atoms with Crippen LogP contribution in [0.5, 0.6) is 0 Å². The third-order valence-electron chi connectivity index (χ3n) is 4.25. The van der Waals surface area contributed by atoms with Gasteiger partial charge in [0.25, 0.3) is 0 Å². The van der Waals surface area contributed by atoms with Gasteiger partial charge in [-0.1, -0.05) is 37.6 Å². The molecule has 0 aliphatic heterocycles. The van der Waals surface area contributed by atoms with E-state index in [0.717, 1.165) is 31.2 Å². The molecule has 106 valence electrons. The Hall–Kier alpha value is -1.54. The smallest absolute Gasteiger partial charge is 0.125 e. The summed E-state index contributed by atoms with van der Waals surface area (Å²) in [6, 6.07) is 10.9. The molecule has 1 fully saturated rings. The van der Waals surface area contributed by atoms with Crippen molar-refractivity contribution in [3.63, 3.8) is 0 Å². The van der Waals surface area contributed by atoms with E-state index in [2.05, 4.69) is 42.6 Å². The Kier molecular flexibility index (Phi) is 4.22. The first-order valence-corrected chi connectivity index (χ1v) is 7.76. The molecule has 0 amide bonds. The van der Waals surface area contributed by atoms with Gasteiger partial charge >= 0.3 is 0 Å². The molecule has 1 saturated carbocycles. The van der Waals surface area contributed by atoms with Gasteiger partial charge in [-0.2, -0.15) is 0 Å². The van der Waals surface area contributed by atoms with Crippen LogP contribution in [0.2, 0.25) is 0 Å². The third kappa shape index (κ3) is 2.66. The van der Waals surface area contributed by atoms with Gasteiger partial charge in [0.05, 0.1) is 12.8 Å². The molecule has 1 heterocycles. The van der Waals surface area contributed by atoms with Crippen molar-refractivity contribution in [1.29, 1.82) is 0 Å². The number of benzene rings is 1. The first-order chi connectivity index (χ1) is 9.90. The molecule has 2 heteroatoms. The van der Waals surface area contributed by atoms with Crippen molar-refractivity contribution in [2.75, 3.05) is 6.54 Å². The van der Waals surface area contributed by atoms with Crippen LogP contribution in [-0.4, -0.2) is 6.54 Å². The highest BCUT2D eigenvalue weighted by atomic mass is 16.3. The quantitative estimate of drug-likeness (QED) is 0.768. The molecule has 0 unspecified atom stereocenters. The Bertz CT molecular complexity index is 554. The highest BCUT2D eigenvalue weighted by molar-refractivity contribution is 5.70. The maximum atomic E-state index is 5.69. The lowest BCUT2D eigenvalue weighted by Crippen LogP contribution is -2.14. The molecule has 20 heavy (non-hydrogen) atoms. The molecule has 0 atom stereocenters. The monoisotopic (exact) mass is 269 g/mol. The van der Waals surface area contributed by atoms with Crippen molar-refractivity contribution >= 4 is 0 Å². The molecule has 1 N–H and O–H groups in total. The highest BCUT2D eigenvalue weighted by Gasteiger charge is 2.23. The zero-order valence-electron chi connectivity index (χ0n) is 12.2. The van der Waals surface area contributed by atoms with Gasteiger partial charge in [0.15, 0.2) is 0 Å². The normalized spacial score (nSPS) is 15.2. The summed E-state index contributed by atoms with van der Waals surface area (Å²) < 4.78 is 5.69. The molecular formula is C18H23NO. The lowest BCUT2D eigenvalue weighted by atomic mass is 9.77. The number of hydrogen-bond acceptors (Lipinski definition) is 2. The van der Waals surface area contributed by atoms with Gasteiger partial charge in [-0.05, 0) is 48.9 Å². The van der Waals surface area contributed by atoms with E-state index in [1.807, 2.05) is 6.26 Å². The topological polar surface area (TPSA) is 25.2 Å². The summed E-state index contributed by atoms with van der Waals surface area (Å²) in [5, 5.41) is 3.43. The summed E-state index contributed by atoms with van der Waals surface area (Å²) in [6.45, 7) is 4.03. The van der Waals surface area contributed by atoms with Crippen molar-refractivity contribution < 1.29 is 4.42 Å². The van der Waals surface area contributed by atoms with Crippen LogP contribution in [0.25, 0.3) is 11.1 Å². The van der Waals surface area contributed by atoms with Gasteiger partial charge in [0.1, 0.15) is 5.76 Å².